The summed E-state index contributed by atoms with van der Waals surface area (Å²) in [7, 11) is -3.47. The summed E-state index contributed by atoms with van der Waals surface area (Å²) in [6, 6.07) is 20.2. The van der Waals surface area contributed by atoms with Crippen LogP contribution >= 0.6 is 0 Å². The third kappa shape index (κ3) is 3.78. The molecule has 0 saturated carbocycles. The Kier molecular flexibility index (Phi) is 5.23. The molecule has 32 heavy (non-hydrogen) atoms. The maximum Gasteiger partial charge on any atom is 0.319 e. The van der Waals surface area contributed by atoms with Crippen LogP contribution in [0, 0.1) is 0 Å². The van der Waals surface area contributed by atoms with E-state index in [1.807, 2.05) is 55.5 Å². The van der Waals surface area contributed by atoms with E-state index < -0.39 is 15.1 Å². The molecule has 0 aliphatic carbocycles. The van der Waals surface area contributed by atoms with Gasteiger partial charge in [0.2, 0.25) is 0 Å². The fraction of sp³-hybridized carbons (Fsp3) is 0.240. The number of benzene rings is 3. The molecule has 6 nitrogen and oxygen atoms in total. The molecular formula is C25H25N3O3S. The van der Waals surface area contributed by atoms with E-state index in [2.05, 4.69) is 16.0 Å². The van der Waals surface area contributed by atoms with E-state index in [1.165, 1.54) is 11.1 Å². The molecule has 3 aromatic carbocycles. The Balaban J connectivity index is 1.33. The third-order valence-corrected chi connectivity index (χ3v) is 8.48. The largest absolute Gasteiger partial charge is 0.331 e. The maximum atomic E-state index is 13.2. The lowest BCUT2D eigenvalue weighted by molar-refractivity contribution is 0.249. The summed E-state index contributed by atoms with van der Waals surface area (Å²) in [5, 5.41) is 8.45. The van der Waals surface area contributed by atoms with Crippen molar-refractivity contribution >= 4 is 21.6 Å². The van der Waals surface area contributed by atoms with Crippen molar-refractivity contribution in [2.24, 2.45) is 0 Å². The second-order valence-electron chi connectivity index (χ2n) is 8.42. The van der Waals surface area contributed by atoms with Crippen LogP contribution in [0.3, 0.4) is 0 Å². The fourth-order valence-electron chi connectivity index (χ4n) is 4.56. The Bertz CT molecular complexity index is 1290. The van der Waals surface area contributed by atoms with E-state index in [-0.39, 0.29) is 12.1 Å². The fourth-order valence-corrected chi connectivity index (χ4v) is 6.53. The molecule has 7 heteroatoms. The second kappa shape index (κ2) is 8.07. The lowest BCUT2D eigenvalue weighted by Crippen LogP contribution is -2.31. The highest BCUT2D eigenvalue weighted by molar-refractivity contribution is 7.92. The molecule has 2 amide bonds. The number of amides is 2. The Morgan fingerprint density at radius 2 is 1.75 bits per heavy atom. The van der Waals surface area contributed by atoms with Crippen LogP contribution in [-0.4, -0.2) is 14.4 Å². The van der Waals surface area contributed by atoms with Crippen LogP contribution in [0.2, 0.25) is 0 Å². The Labute approximate surface area is 188 Å². The minimum atomic E-state index is -3.47. The number of anilines is 1. The minimum absolute atomic E-state index is 0.148. The van der Waals surface area contributed by atoms with E-state index in [1.54, 1.807) is 18.2 Å². The number of fused-ring (bicyclic) bond motifs is 2. The summed E-state index contributed by atoms with van der Waals surface area (Å²) < 4.78 is 26.4. The lowest BCUT2D eigenvalue weighted by Gasteiger charge is -2.15. The smallest absolute Gasteiger partial charge is 0.319 e. The number of hydrogen-bond acceptors (Lipinski definition) is 4. The third-order valence-electron chi connectivity index (χ3n) is 6.28. The van der Waals surface area contributed by atoms with Crippen molar-refractivity contribution in [3.8, 4) is 0 Å². The van der Waals surface area contributed by atoms with E-state index in [0.717, 1.165) is 29.8 Å². The predicted molar refractivity (Wildman–Crippen MR) is 124 cm³/mol. The summed E-state index contributed by atoms with van der Waals surface area (Å²) in [5.74, 6) is 0. The van der Waals surface area contributed by atoms with Gasteiger partial charge >= 0.3 is 6.03 Å². The van der Waals surface area contributed by atoms with Crippen LogP contribution in [0.25, 0.3) is 0 Å². The van der Waals surface area contributed by atoms with Crippen molar-refractivity contribution in [3.63, 3.8) is 0 Å². The highest BCUT2D eigenvalue weighted by Crippen LogP contribution is 2.42. The van der Waals surface area contributed by atoms with Crippen LogP contribution in [0.5, 0.6) is 0 Å². The molecule has 1 unspecified atom stereocenters. The average molecular weight is 448 g/mol. The molecule has 5 rings (SSSR count). The van der Waals surface area contributed by atoms with Crippen LogP contribution in [0.1, 0.15) is 46.0 Å². The van der Waals surface area contributed by atoms with Crippen molar-refractivity contribution in [1.82, 2.24) is 10.6 Å². The van der Waals surface area contributed by atoms with Crippen molar-refractivity contribution in [1.29, 1.82) is 0 Å². The van der Waals surface area contributed by atoms with Gasteiger partial charge in [-0.15, -0.1) is 0 Å². The predicted octanol–water partition coefficient (Wildman–Crippen LogP) is 4.24. The molecule has 164 valence electrons. The zero-order valence-corrected chi connectivity index (χ0v) is 18.6. The van der Waals surface area contributed by atoms with Crippen LogP contribution in [0.4, 0.5) is 10.5 Å². The van der Waals surface area contributed by atoms with Gasteiger partial charge in [-0.05, 0) is 59.4 Å². The number of sulfone groups is 1. The van der Waals surface area contributed by atoms with E-state index in [4.69, 9.17) is 0 Å². The molecule has 0 radical (unpaired) electrons. The van der Waals surface area contributed by atoms with Gasteiger partial charge in [-0.25, -0.2) is 13.2 Å². The first kappa shape index (κ1) is 20.7. The number of nitrogens with one attached hydrogen (secondary N) is 3. The SMILES string of the molecule is C[C@H](NC(=O)Nc1ccc2c(c1)CC(c1ccc3c(c1)CNC3)S2(=O)=O)c1ccccc1. The first-order valence-electron chi connectivity index (χ1n) is 10.7. The number of carbonyl (C=O) groups is 1. The van der Waals surface area contributed by atoms with Crippen LogP contribution in [-0.2, 0) is 29.3 Å². The van der Waals surface area contributed by atoms with Crippen LogP contribution < -0.4 is 16.0 Å². The molecule has 3 N–H and O–H groups in total. The normalized spacial score (nSPS) is 19.1. The van der Waals surface area contributed by atoms with Crippen molar-refractivity contribution in [2.45, 2.75) is 42.6 Å². The highest BCUT2D eigenvalue weighted by atomic mass is 32.2. The standard InChI is InChI=1S/C25H25N3O3S/c1-16(17-5-3-2-4-6-17)27-25(29)28-22-9-10-23-20(12-22)13-24(32(23,30)31)18-7-8-19-14-26-15-21(19)11-18/h2-12,16,24,26H,13-15H2,1H3,(H2,27,28,29)/t16-,24?/m0/s1. The monoisotopic (exact) mass is 447 g/mol. The number of rotatable bonds is 4. The molecule has 0 saturated heterocycles. The molecule has 2 aliphatic rings. The number of hydrogen-bond donors (Lipinski definition) is 3. The average Bonchev–Trinajstić information content (AvgIpc) is 3.35. The van der Waals surface area contributed by atoms with Crippen LogP contribution in [0.15, 0.2) is 71.6 Å². The van der Waals surface area contributed by atoms with E-state index in [9.17, 15) is 13.2 Å². The van der Waals surface area contributed by atoms with E-state index in [0.29, 0.717) is 17.0 Å². The summed E-state index contributed by atoms with van der Waals surface area (Å²) in [5.41, 5.74) is 5.55. The molecule has 0 aromatic heterocycles. The summed E-state index contributed by atoms with van der Waals surface area (Å²) >= 11 is 0. The van der Waals surface area contributed by atoms with Crippen molar-refractivity contribution in [2.75, 3.05) is 5.32 Å². The summed E-state index contributed by atoms with van der Waals surface area (Å²) in [4.78, 5) is 12.8. The molecule has 2 heterocycles. The quantitative estimate of drug-likeness (QED) is 0.558. The summed E-state index contributed by atoms with van der Waals surface area (Å²) in [6.07, 6.45) is 0.404. The maximum absolute atomic E-state index is 13.2. The minimum Gasteiger partial charge on any atom is -0.331 e. The van der Waals surface area contributed by atoms with Gasteiger partial charge in [-0.2, -0.15) is 0 Å². The Hall–Kier alpha value is -3.16. The highest BCUT2D eigenvalue weighted by Gasteiger charge is 2.38. The Morgan fingerprint density at radius 1 is 0.969 bits per heavy atom. The van der Waals surface area contributed by atoms with Gasteiger partial charge < -0.3 is 16.0 Å². The van der Waals surface area contributed by atoms with Gasteiger partial charge in [0.1, 0.15) is 0 Å². The molecule has 3 aromatic rings. The first-order chi connectivity index (χ1) is 15.4. The van der Waals surface area contributed by atoms with Gasteiger partial charge in [0.15, 0.2) is 9.84 Å². The summed E-state index contributed by atoms with van der Waals surface area (Å²) in [6.45, 7) is 3.52. The second-order valence-corrected chi connectivity index (χ2v) is 10.5. The van der Waals surface area contributed by atoms with Gasteiger partial charge in [0.05, 0.1) is 16.2 Å². The number of carbonyl (C=O) groups excluding carboxylic acids is 1. The van der Waals surface area contributed by atoms with Crippen molar-refractivity contribution in [3.05, 3.63) is 94.5 Å². The van der Waals surface area contributed by atoms with E-state index >= 15 is 0 Å². The number of urea groups is 1. The lowest BCUT2D eigenvalue weighted by atomic mass is 10.00. The molecule has 0 spiro atoms. The van der Waals surface area contributed by atoms with Gasteiger partial charge in [0, 0.05) is 18.8 Å². The molecular weight excluding hydrogens is 422 g/mol. The molecule has 2 aliphatic heterocycles. The van der Waals surface area contributed by atoms with Crippen molar-refractivity contribution < 1.29 is 13.2 Å². The van der Waals surface area contributed by atoms with Gasteiger partial charge in [-0.1, -0.05) is 48.5 Å². The topological polar surface area (TPSA) is 87.3 Å². The zero-order valence-electron chi connectivity index (χ0n) is 17.8. The molecule has 2 atom stereocenters. The first-order valence-corrected chi connectivity index (χ1v) is 12.3. The Morgan fingerprint density at radius 3 is 2.56 bits per heavy atom. The zero-order chi connectivity index (χ0) is 22.3. The molecule has 0 bridgehead atoms. The van der Waals surface area contributed by atoms with Gasteiger partial charge in [-0.3, -0.25) is 0 Å². The molecule has 0 fully saturated rings. The van der Waals surface area contributed by atoms with Gasteiger partial charge in [0.25, 0.3) is 0 Å².